The highest BCUT2D eigenvalue weighted by Crippen LogP contribution is 2.20. The maximum atomic E-state index is 12.4. The van der Waals surface area contributed by atoms with Gasteiger partial charge < -0.3 is 0 Å². The Morgan fingerprint density at radius 2 is 1.72 bits per heavy atom. The Morgan fingerprint density at radius 3 is 2.17 bits per heavy atom. The molecule has 0 N–H and O–H groups in total. The lowest BCUT2D eigenvalue weighted by Crippen LogP contribution is -2.22. The zero-order valence-electron chi connectivity index (χ0n) is 10.9. The molecule has 0 heterocycles. The van der Waals surface area contributed by atoms with E-state index in [0.717, 1.165) is 5.57 Å². The van der Waals surface area contributed by atoms with E-state index in [1.807, 2.05) is 13.8 Å². The molecule has 0 bridgehead atoms. The molecule has 98 valence electrons. The van der Waals surface area contributed by atoms with Crippen molar-refractivity contribution in [3.8, 4) is 0 Å². The Kier molecular flexibility index (Phi) is 4.84. The summed E-state index contributed by atoms with van der Waals surface area (Å²) in [5.41, 5.74) is 0.890. The van der Waals surface area contributed by atoms with E-state index in [9.17, 15) is 13.2 Å². The van der Waals surface area contributed by atoms with E-state index in [0.29, 0.717) is 0 Å². The molecule has 0 aliphatic carbocycles. The third-order valence-corrected chi connectivity index (χ3v) is 4.51. The summed E-state index contributed by atoms with van der Waals surface area (Å²) in [6.07, 6.45) is 1.66. The summed E-state index contributed by atoms with van der Waals surface area (Å²) in [7, 11) is -3.49. The van der Waals surface area contributed by atoms with Crippen LogP contribution in [0.4, 0.5) is 0 Å². The number of hydrogen-bond donors (Lipinski definition) is 0. The Bertz CT molecular complexity index is 538. The van der Waals surface area contributed by atoms with E-state index in [-0.39, 0.29) is 17.1 Å². The van der Waals surface area contributed by atoms with Gasteiger partial charge >= 0.3 is 0 Å². The molecule has 0 saturated heterocycles. The average Bonchev–Trinajstić information content (AvgIpc) is 2.28. The number of carbonyl (C=O) groups is 1. The molecule has 1 rings (SSSR count). The molecular weight excluding hydrogens is 248 g/mol. The van der Waals surface area contributed by atoms with Crippen LogP contribution < -0.4 is 0 Å². The van der Waals surface area contributed by atoms with Gasteiger partial charge in [-0.1, -0.05) is 29.8 Å². The van der Waals surface area contributed by atoms with Crippen LogP contribution in [0.3, 0.4) is 0 Å². The lowest BCUT2D eigenvalue weighted by atomic mass is 10.2. The quantitative estimate of drug-likeness (QED) is 0.770. The molecule has 0 fully saturated rings. The van der Waals surface area contributed by atoms with E-state index >= 15 is 0 Å². The molecule has 0 radical (unpaired) electrons. The monoisotopic (exact) mass is 266 g/mol. The Morgan fingerprint density at radius 1 is 1.17 bits per heavy atom. The first-order valence-corrected chi connectivity index (χ1v) is 7.32. The summed E-state index contributed by atoms with van der Waals surface area (Å²) in [6.45, 7) is 5.06. The lowest BCUT2D eigenvalue weighted by Gasteiger charge is -2.13. The summed E-state index contributed by atoms with van der Waals surface area (Å²) in [5, 5.41) is -0.776. The van der Waals surface area contributed by atoms with Gasteiger partial charge in [0.15, 0.2) is 9.84 Å². The number of sulfone groups is 1. The van der Waals surface area contributed by atoms with Crippen molar-refractivity contribution in [2.45, 2.75) is 37.3 Å². The van der Waals surface area contributed by atoms with Crippen LogP contribution in [0.1, 0.15) is 27.2 Å². The number of hydrogen-bond acceptors (Lipinski definition) is 3. The van der Waals surface area contributed by atoms with Crippen molar-refractivity contribution in [1.82, 2.24) is 0 Å². The second-order valence-corrected chi connectivity index (χ2v) is 6.71. The summed E-state index contributed by atoms with van der Waals surface area (Å²) in [5.74, 6) is -0.128. The molecule has 0 spiro atoms. The molecule has 3 nitrogen and oxygen atoms in total. The van der Waals surface area contributed by atoms with E-state index < -0.39 is 15.1 Å². The first-order valence-electron chi connectivity index (χ1n) is 5.77. The first-order chi connectivity index (χ1) is 8.34. The molecule has 18 heavy (non-hydrogen) atoms. The standard InChI is InChI=1S/C14H18O3S/c1-11(2)9-14(10-12(3)15)18(16,17)13-7-5-4-6-8-13/h4-9,14H,10H2,1-3H3. The minimum Gasteiger partial charge on any atom is -0.300 e. The van der Waals surface area contributed by atoms with Gasteiger partial charge in [0.25, 0.3) is 0 Å². The van der Waals surface area contributed by atoms with Crippen molar-refractivity contribution in [3.63, 3.8) is 0 Å². The minimum absolute atomic E-state index is 0.0163. The van der Waals surface area contributed by atoms with Gasteiger partial charge in [0.1, 0.15) is 5.78 Å². The van der Waals surface area contributed by atoms with Crippen molar-refractivity contribution in [1.29, 1.82) is 0 Å². The molecule has 0 amide bonds. The molecule has 0 saturated carbocycles. The second-order valence-electron chi connectivity index (χ2n) is 4.55. The first kappa shape index (κ1) is 14.6. The van der Waals surface area contributed by atoms with Crippen LogP contribution in [-0.4, -0.2) is 19.5 Å². The largest absolute Gasteiger partial charge is 0.300 e. The van der Waals surface area contributed by atoms with Crippen LogP contribution >= 0.6 is 0 Å². The van der Waals surface area contributed by atoms with Crippen LogP contribution in [0.5, 0.6) is 0 Å². The molecule has 0 aromatic heterocycles. The van der Waals surface area contributed by atoms with Gasteiger partial charge in [-0.3, -0.25) is 4.79 Å². The predicted octanol–water partition coefficient (Wildman–Crippen LogP) is 2.77. The van der Waals surface area contributed by atoms with Crippen molar-refractivity contribution in [3.05, 3.63) is 42.0 Å². The Balaban J connectivity index is 3.20. The van der Waals surface area contributed by atoms with Crippen LogP contribution in [0.2, 0.25) is 0 Å². The SMILES string of the molecule is CC(=O)CC(C=C(C)C)S(=O)(=O)c1ccccc1. The molecule has 0 aliphatic rings. The number of Topliss-reactive ketones (excluding diaryl/α,β-unsaturated/α-hetero) is 1. The van der Waals surface area contributed by atoms with Gasteiger partial charge in [0.2, 0.25) is 0 Å². The fourth-order valence-corrected chi connectivity index (χ4v) is 3.49. The minimum atomic E-state index is -3.49. The Labute approximate surface area is 108 Å². The fraction of sp³-hybridized carbons (Fsp3) is 0.357. The van der Waals surface area contributed by atoms with E-state index in [2.05, 4.69) is 0 Å². The summed E-state index contributed by atoms with van der Waals surface area (Å²) < 4.78 is 24.8. The highest BCUT2D eigenvalue weighted by atomic mass is 32.2. The van der Waals surface area contributed by atoms with Gasteiger partial charge in [0.05, 0.1) is 10.1 Å². The molecule has 0 aliphatic heterocycles. The van der Waals surface area contributed by atoms with E-state index in [4.69, 9.17) is 0 Å². The van der Waals surface area contributed by atoms with Crippen molar-refractivity contribution < 1.29 is 13.2 Å². The number of carbonyl (C=O) groups excluding carboxylic acids is 1. The van der Waals surface area contributed by atoms with Crippen LogP contribution in [0.15, 0.2) is 46.9 Å². The fourth-order valence-electron chi connectivity index (χ4n) is 1.70. The second kappa shape index (κ2) is 5.96. The average molecular weight is 266 g/mol. The van der Waals surface area contributed by atoms with Gasteiger partial charge in [-0.15, -0.1) is 0 Å². The van der Waals surface area contributed by atoms with Gasteiger partial charge in [-0.05, 0) is 32.9 Å². The lowest BCUT2D eigenvalue weighted by molar-refractivity contribution is -0.116. The van der Waals surface area contributed by atoms with Crippen LogP contribution in [0, 0.1) is 0 Å². The molecule has 4 heteroatoms. The van der Waals surface area contributed by atoms with E-state index in [1.165, 1.54) is 6.92 Å². The normalized spacial score (nSPS) is 12.8. The smallest absolute Gasteiger partial charge is 0.185 e. The number of allylic oxidation sites excluding steroid dienone is 1. The predicted molar refractivity (Wildman–Crippen MR) is 72.1 cm³/mol. The maximum Gasteiger partial charge on any atom is 0.185 e. The highest BCUT2D eigenvalue weighted by Gasteiger charge is 2.26. The molecule has 1 aromatic rings. The van der Waals surface area contributed by atoms with E-state index in [1.54, 1.807) is 36.4 Å². The molecule has 1 aromatic carbocycles. The molecule has 1 atom stereocenters. The van der Waals surface area contributed by atoms with Gasteiger partial charge in [0, 0.05) is 6.42 Å². The van der Waals surface area contributed by atoms with Crippen LogP contribution in [0.25, 0.3) is 0 Å². The summed E-state index contributed by atoms with van der Waals surface area (Å²) in [4.78, 5) is 11.5. The van der Waals surface area contributed by atoms with Gasteiger partial charge in [-0.2, -0.15) is 0 Å². The third kappa shape index (κ3) is 3.81. The van der Waals surface area contributed by atoms with Crippen molar-refractivity contribution in [2.75, 3.05) is 0 Å². The Hall–Kier alpha value is -1.42. The zero-order valence-corrected chi connectivity index (χ0v) is 11.7. The van der Waals surface area contributed by atoms with Gasteiger partial charge in [-0.25, -0.2) is 8.42 Å². The number of rotatable bonds is 5. The summed E-state index contributed by atoms with van der Waals surface area (Å²) >= 11 is 0. The molecular formula is C14H18O3S. The maximum absolute atomic E-state index is 12.4. The number of ketones is 1. The topological polar surface area (TPSA) is 51.2 Å². The van der Waals surface area contributed by atoms with Crippen LogP contribution in [-0.2, 0) is 14.6 Å². The highest BCUT2D eigenvalue weighted by molar-refractivity contribution is 7.92. The summed E-state index contributed by atoms with van der Waals surface area (Å²) in [6, 6.07) is 8.24. The molecule has 1 unspecified atom stereocenters. The third-order valence-electron chi connectivity index (χ3n) is 2.48. The number of benzene rings is 1. The zero-order chi connectivity index (χ0) is 13.8. The van der Waals surface area contributed by atoms with Crippen molar-refractivity contribution in [2.24, 2.45) is 0 Å². The van der Waals surface area contributed by atoms with Crippen molar-refractivity contribution >= 4 is 15.6 Å².